The highest BCUT2D eigenvalue weighted by atomic mass is 16.5. The van der Waals surface area contributed by atoms with Crippen LogP contribution in [0, 0.1) is 5.92 Å². The average Bonchev–Trinajstić information content (AvgIpc) is 2.46. The van der Waals surface area contributed by atoms with Gasteiger partial charge in [-0.25, -0.2) is 0 Å². The van der Waals surface area contributed by atoms with E-state index in [1.165, 1.54) is 6.42 Å². The topological polar surface area (TPSA) is 38.7 Å². The maximum atomic E-state index is 11.2. The summed E-state index contributed by atoms with van der Waals surface area (Å²) < 4.78 is 10.7. The summed E-state index contributed by atoms with van der Waals surface area (Å²) >= 11 is 0. The van der Waals surface area contributed by atoms with Gasteiger partial charge in [0, 0.05) is 11.6 Å². The molecule has 1 aromatic rings. The minimum Gasteiger partial charge on any atom is -0.497 e. The zero-order valence-electron chi connectivity index (χ0n) is 12.1. The minimum atomic E-state index is -0.759. The van der Waals surface area contributed by atoms with E-state index in [9.17, 15) is 5.11 Å². The number of aliphatic hydroxyl groups is 1. The van der Waals surface area contributed by atoms with Crippen LogP contribution in [-0.4, -0.2) is 19.3 Å². The third kappa shape index (κ3) is 2.57. The van der Waals surface area contributed by atoms with Gasteiger partial charge in [-0.1, -0.05) is 26.2 Å². The third-order valence-electron chi connectivity index (χ3n) is 4.40. The highest BCUT2D eigenvalue weighted by Crippen LogP contribution is 2.46. The molecule has 2 unspecified atom stereocenters. The van der Waals surface area contributed by atoms with E-state index in [2.05, 4.69) is 6.92 Å². The highest BCUT2D eigenvalue weighted by molar-refractivity contribution is 5.44. The first kappa shape index (κ1) is 14.2. The van der Waals surface area contributed by atoms with Crippen LogP contribution < -0.4 is 9.47 Å². The molecule has 0 heterocycles. The number of methoxy groups -OCH3 is 2. The molecule has 0 bridgehead atoms. The molecular weight excluding hydrogens is 240 g/mol. The van der Waals surface area contributed by atoms with E-state index in [1.54, 1.807) is 14.2 Å². The molecule has 3 heteroatoms. The smallest absolute Gasteiger partial charge is 0.128 e. The Balaban J connectivity index is 2.43. The number of benzene rings is 1. The van der Waals surface area contributed by atoms with Crippen molar-refractivity contribution in [3.8, 4) is 11.5 Å². The van der Waals surface area contributed by atoms with Gasteiger partial charge in [0.05, 0.1) is 19.8 Å². The molecular formula is C16H24O3. The average molecular weight is 264 g/mol. The first-order chi connectivity index (χ1) is 9.15. The fourth-order valence-corrected chi connectivity index (χ4v) is 3.28. The maximum absolute atomic E-state index is 11.2. The van der Waals surface area contributed by atoms with Gasteiger partial charge in [0.25, 0.3) is 0 Å². The molecule has 2 rings (SSSR count). The Kier molecular flexibility index (Phi) is 4.35. The van der Waals surface area contributed by atoms with E-state index in [0.717, 1.165) is 42.7 Å². The monoisotopic (exact) mass is 264 g/mol. The zero-order chi connectivity index (χ0) is 13.9. The van der Waals surface area contributed by atoms with E-state index in [1.807, 2.05) is 18.2 Å². The number of rotatable bonds is 4. The summed E-state index contributed by atoms with van der Waals surface area (Å²) in [5.41, 5.74) is 0.146. The highest BCUT2D eigenvalue weighted by Gasteiger charge is 2.41. The predicted molar refractivity (Wildman–Crippen MR) is 75.7 cm³/mol. The van der Waals surface area contributed by atoms with Gasteiger partial charge in [0.1, 0.15) is 11.5 Å². The van der Waals surface area contributed by atoms with Crippen LogP contribution >= 0.6 is 0 Å². The van der Waals surface area contributed by atoms with Crippen molar-refractivity contribution < 1.29 is 14.6 Å². The second-order valence-electron chi connectivity index (χ2n) is 5.34. The summed E-state index contributed by atoms with van der Waals surface area (Å²) in [4.78, 5) is 0. The van der Waals surface area contributed by atoms with Crippen LogP contribution in [0.4, 0.5) is 0 Å². The quantitative estimate of drug-likeness (QED) is 0.904. The Hall–Kier alpha value is -1.22. The Bertz CT molecular complexity index is 430. The number of hydrogen-bond acceptors (Lipinski definition) is 3. The molecule has 1 saturated carbocycles. The van der Waals surface area contributed by atoms with E-state index in [-0.39, 0.29) is 0 Å². The molecule has 0 spiro atoms. The molecule has 2 atom stereocenters. The van der Waals surface area contributed by atoms with Crippen LogP contribution in [0.3, 0.4) is 0 Å². The molecule has 3 nitrogen and oxygen atoms in total. The summed E-state index contributed by atoms with van der Waals surface area (Å²) in [6, 6.07) is 5.71. The van der Waals surface area contributed by atoms with Crippen molar-refractivity contribution >= 4 is 0 Å². The third-order valence-corrected chi connectivity index (χ3v) is 4.40. The fraction of sp³-hybridized carbons (Fsp3) is 0.625. The summed E-state index contributed by atoms with van der Waals surface area (Å²) in [7, 11) is 3.28. The van der Waals surface area contributed by atoms with Crippen molar-refractivity contribution in [3.63, 3.8) is 0 Å². The minimum absolute atomic E-state index is 0.309. The first-order valence-electron chi connectivity index (χ1n) is 7.10. The van der Waals surface area contributed by atoms with Gasteiger partial charge in [-0.2, -0.15) is 0 Å². The first-order valence-corrected chi connectivity index (χ1v) is 7.10. The van der Waals surface area contributed by atoms with Gasteiger partial charge in [0.2, 0.25) is 0 Å². The Labute approximate surface area is 115 Å². The molecule has 1 fully saturated rings. The second kappa shape index (κ2) is 5.83. The van der Waals surface area contributed by atoms with Crippen LogP contribution in [0.15, 0.2) is 18.2 Å². The molecule has 19 heavy (non-hydrogen) atoms. The van der Waals surface area contributed by atoms with Crippen LogP contribution in [0.25, 0.3) is 0 Å². The molecule has 0 aromatic heterocycles. The summed E-state index contributed by atoms with van der Waals surface area (Å²) in [6.45, 7) is 2.15. The molecule has 0 aliphatic heterocycles. The molecule has 1 N–H and O–H groups in total. The second-order valence-corrected chi connectivity index (χ2v) is 5.34. The lowest BCUT2D eigenvalue weighted by molar-refractivity contribution is -0.0572. The number of ether oxygens (including phenoxy) is 2. The summed E-state index contributed by atoms with van der Waals surface area (Å²) in [5.74, 6) is 1.79. The molecule has 1 aliphatic carbocycles. The number of hydrogen-bond donors (Lipinski definition) is 1. The normalized spacial score (nSPS) is 27.1. The molecule has 0 radical (unpaired) electrons. The largest absolute Gasteiger partial charge is 0.497 e. The van der Waals surface area contributed by atoms with Crippen molar-refractivity contribution in [2.45, 2.75) is 44.6 Å². The summed E-state index contributed by atoms with van der Waals surface area (Å²) in [5, 5.41) is 11.2. The van der Waals surface area contributed by atoms with Crippen LogP contribution in [0.1, 0.15) is 44.6 Å². The van der Waals surface area contributed by atoms with Crippen molar-refractivity contribution in [1.82, 2.24) is 0 Å². The van der Waals surface area contributed by atoms with Gasteiger partial charge in [-0.3, -0.25) is 0 Å². The standard InChI is InChI=1S/C16H24O3/c1-4-12-7-5-6-10-16(12,17)14-9-8-13(18-2)11-15(14)19-3/h8-9,11-12,17H,4-7,10H2,1-3H3. The van der Waals surface area contributed by atoms with Crippen LogP contribution in [0.5, 0.6) is 11.5 Å². The molecule has 0 amide bonds. The van der Waals surface area contributed by atoms with E-state index in [0.29, 0.717) is 5.92 Å². The molecule has 106 valence electrons. The fourth-order valence-electron chi connectivity index (χ4n) is 3.28. The SMILES string of the molecule is CCC1CCCCC1(O)c1ccc(OC)cc1OC. The van der Waals surface area contributed by atoms with Crippen molar-refractivity contribution in [2.75, 3.05) is 14.2 Å². The van der Waals surface area contributed by atoms with Crippen molar-refractivity contribution in [3.05, 3.63) is 23.8 Å². The van der Waals surface area contributed by atoms with E-state index in [4.69, 9.17) is 9.47 Å². The predicted octanol–water partition coefficient (Wildman–Crippen LogP) is 3.49. The van der Waals surface area contributed by atoms with E-state index >= 15 is 0 Å². The maximum Gasteiger partial charge on any atom is 0.128 e. The zero-order valence-corrected chi connectivity index (χ0v) is 12.1. The lowest BCUT2D eigenvalue weighted by atomic mass is 9.70. The van der Waals surface area contributed by atoms with Gasteiger partial charge >= 0.3 is 0 Å². The Morgan fingerprint density at radius 2 is 2.05 bits per heavy atom. The Morgan fingerprint density at radius 1 is 1.26 bits per heavy atom. The lowest BCUT2D eigenvalue weighted by Crippen LogP contribution is -2.38. The van der Waals surface area contributed by atoms with Gasteiger partial charge in [0.15, 0.2) is 0 Å². The Morgan fingerprint density at radius 3 is 2.68 bits per heavy atom. The van der Waals surface area contributed by atoms with Crippen LogP contribution in [-0.2, 0) is 5.60 Å². The van der Waals surface area contributed by atoms with Gasteiger partial charge in [-0.15, -0.1) is 0 Å². The van der Waals surface area contributed by atoms with Crippen LogP contribution in [0.2, 0.25) is 0 Å². The van der Waals surface area contributed by atoms with Crippen molar-refractivity contribution in [1.29, 1.82) is 0 Å². The van der Waals surface area contributed by atoms with Crippen molar-refractivity contribution in [2.24, 2.45) is 5.92 Å². The van der Waals surface area contributed by atoms with Gasteiger partial charge < -0.3 is 14.6 Å². The summed E-state index contributed by atoms with van der Waals surface area (Å²) in [6.07, 6.45) is 5.17. The molecule has 1 aliphatic rings. The lowest BCUT2D eigenvalue weighted by Gasteiger charge is -2.40. The molecule has 1 aromatic carbocycles. The molecule has 0 saturated heterocycles. The van der Waals surface area contributed by atoms with E-state index < -0.39 is 5.60 Å². The van der Waals surface area contributed by atoms with Gasteiger partial charge in [-0.05, 0) is 30.9 Å².